The number of methoxy groups -OCH3 is 2. The lowest BCUT2D eigenvalue weighted by Crippen LogP contribution is -2.24. The fourth-order valence-corrected chi connectivity index (χ4v) is 3.30. The van der Waals surface area contributed by atoms with Gasteiger partial charge >= 0.3 is 0 Å². The van der Waals surface area contributed by atoms with Crippen molar-refractivity contribution in [3.8, 4) is 11.5 Å². The number of nitrogens with zero attached hydrogens (tertiary/aromatic N) is 2. The maximum Gasteiger partial charge on any atom is 0.244 e. The van der Waals surface area contributed by atoms with Gasteiger partial charge < -0.3 is 19.4 Å². The van der Waals surface area contributed by atoms with E-state index in [1.54, 1.807) is 24.3 Å². The molecule has 0 aliphatic rings. The minimum absolute atomic E-state index is 0.249. The number of ether oxygens (including phenoxy) is 2. The molecular weight excluding hydrogens is 397 g/mol. The number of imidazole rings is 1. The molecular formula is C21H21ClFN3O3. The predicted molar refractivity (Wildman–Crippen MR) is 111 cm³/mol. The Bertz CT molecular complexity index is 1080. The Kier molecular flexibility index (Phi) is 6.39. The quantitative estimate of drug-likeness (QED) is 0.594. The summed E-state index contributed by atoms with van der Waals surface area (Å²) >= 11 is 6.17. The summed E-state index contributed by atoms with van der Waals surface area (Å²) in [6.45, 7) is 0.398. The number of hydrogen-bond donors (Lipinski definition) is 1. The van der Waals surface area contributed by atoms with Crippen molar-refractivity contribution in [2.75, 3.05) is 20.8 Å². The maximum absolute atomic E-state index is 13.4. The summed E-state index contributed by atoms with van der Waals surface area (Å²) in [5.74, 6) is 1.14. The molecule has 0 fully saturated rings. The van der Waals surface area contributed by atoms with Crippen LogP contribution in [0.25, 0.3) is 17.1 Å². The number of carbonyl (C=O) groups excluding carboxylic acids is 1. The molecule has 0 aliphatic heterocycles. The average Bonchev–Trinajstić information content (AvgIpc) is 3.01. The fraction of sp³-hybridized carbons (Fsp3) is 0.238. The van der Waals surface area contributed by atoms with E-state index in [0.717, 1.165) is 16.9 Å². The number of amides is 1. The van der Waals surface area contributed by atoms with Crippen LogP contribution < -0.4 is 14.8 Å². The van der Waals surface area contributed by atoms with Crippen LogP contribution in [0.1, 0.15) is 11.4 Å². The van der Waals surface area contributed by atoms with Crippen molar-refractivity contribution < 1.29 is 18.7 Å². The SMILES string of the molecule is COc1cc(C=CC(=O)NCCc2nc3ccc(F)cc3n2C)cc(Cl)c1OC. The molecule has 1 aromatic heterocycles. The Labute approximate surface area is 172 Å². The second kappa shape index (κ2) is 8.96. The largest absolute Gasteiger partial charge is 0.493 e. The molecule has 0 radical (unpaired) electrons. The van der Waals surface area contributed by atoms with Gasteiger partial charge in [0.2, 0.25) is 5.91 Å². The summed E-state index contributed by atoms with van der Waals surface area (Å²) in [4.78, 5) is 16.6. The maximum atomic E-state index is 13.4. The van der Waals surface area contributed by atoms with Crippen LogP contribution >= 0.6 is 11.6 Å². The molecule has 0 unspecified atom stereocenters. The zero-order valence-corrected chi connectivity index (χ0v) is 17.1. The van der Waals surface area contributed by atoms with E-state index >= 15 is 0 Å². The lowest BCUT2D eigenvalue weighted by Gasteiger charge is -2.10. The first-order chi connectivity index (χ1) is 13.9. The van der Waals surface area contributed by atoms with Crippen LogP contribution in [0.3, 0.4) is 0 Å². The van der Waals surface area contributed by atoms with Gasteiger partial charge in [-0.15, -0.1) is 0 Å². The molecule has 8 heteroatoms. The zero-order chi connectivity index (χ0) is 21.0. The van der Waals surface area contributed by atoms with Crippen LogP contribution in [0.4, 0.5) is 4.39 Å². The molecule has 2 aromatic carbocycles. The summed E-state index contributed by atoms with van der Waals surface area (Å²) in [6.07, 6.45) is 3.58. The third-order valence-electron chi connectivity index (χ3n) is 4.47. The van der Waals surface area contributed by atoms with Crippen molar-refractivity contribution in [2.24, 2.45) is 7.05 Å². The van der Waals surface area contributed by atoms with Crippen molar-refractivity contribution in [3.05, 3.63) is 58.6 Å². The molecule has 6 nitrogen and oxygen atoms in total. The van der Waals surface area contributed by atoms with E-state index < -0.39 is 0 Å². The lowest BCUT2D eigenvalue weighted by atomic mass is 10.2. The molecule has 1 heterocycles. The van der Waals surface area contributed by atoms with Gasteiger partial charge in [-0.3, -0.25) is 4.79 Å². The van der Waals surface area contributed by atoms with Gasteiger partial charge in [-0.25, -0.2) is 9.37 Å². The highest BCUT2D eigenvalue weighted by molar-refractivity contribution is 6.32. The third-order valence-corrected chi connectivity index (χ3v) is 4.75. The van der Waals surface area contributed by atoms with Crippen LogP contribution in [0, 0.1) is 5.82 Å². The van der Waals surface area contributed by atoms with E-state index in [2.05, 4.69) is 10.3 Å². The van der Waals surface area contributed by atoms with Crippen molar-refractivity contribution in [1.82, 2.24) is 14.9 Å². The predicted octanol–water partition coefficient (Wildman–Crippen LogP) is 3.76. The molecule has 3 aromatic rings. The van der Waals surface area contributed by atoms with E-state index in [1.807, 2.05) is 11.6 Å². The van der Waals surface area contributed by atoms with Gasteiger partial charge in [0.05, 0.1) is 30.3 Å². The molecule has 1 N–H and O–H groups in total. The van der Waals surface area contributed by atoms with Crippen molar-refractivity contribution in [1.29, 1.82) is 0 Å². The molecule has 1 amide bonds. The van der Waals surface area contributed by atoms with Gasteiger partial charge in [0, 0.05) is 26.1 Å². The Morgan fingerprint density at radius 3 is 2.79 bits per heavy atom. The van der Waals surface area contributed by atoms with E-state index in [1.165, 1.54) is 32.4 Å². The van der Waals surface area contributed by atoms with E-state index in [4.69, 9.17) is 21.1 Å². The minimum atomic E-state index is -0.305. The van der Waals surface area contributed by atoms with E-state index in [0.29, 0.717) is 35.1 Å². The molecule has 152 valence electrons. The number of benzene rings is 2. The summed E-state index contributed by atoms with van der Waals surface area (Å²) < 4.78 is 25.7. The molecule has 0 aliphatic carbocycles. The standard InChI is InChI=1S/C21H21ClFN3O3/c1-26-17-12-14(23)5-6-16(17)25-19(26)8-9-24-20(27)7-4-13-10-15(22)21(29-3)18(11-13)28-2/h4-7,10-12H,8-9H2,1-3H3,(H,24,27). The molecule has 0 saturated heterocycles. The number of halogens is 2. The Hall–Kier alpha value is -3.06. The number of rotatable bonds is 7. The summed E-state index contributed by atoms with van der Waals surface area (Å²) in [7, 11) is 4.85. The molecule has 0 bridgehead atoms. The Morgan fingerprint density at radius 1 is 1.28 bits per heavy atom. The van der Waals surface area contributed by atoms with Crippen molar-refractivity contribution in [3.63, 3.8) is 0 Å². The first-order valence-electron chi connectivity index (χ1n) is 8.91. The number of aryl methyl sites for hydroxylation is 1. The van der Waals surface area contributed by atoms with Crippen LogP contribution in [0.15, 0.2) is 36.4 Å². The molecule has 0 saturated carbocycles. The number of carbonyl (C=O) groups is 1. The van der Waals surface area contributed by atoms with Crippen molar-refractivity contribution >= 4 is 34.6 Å². The molecule has 3 rings (SSSR count). The molecule has 29 heavy (non-hydrogen) atoms. The number of nitrogens with one attached hydrogen (secondary N) is 1. The minimum Gasteiger partial charge on any atom is -0.493 e. The zero-order valence-electron chi connectivity index (χ0n) is 16.3. The molecule has 0 atom stereocenters. The fourth-order valence-electron chi connectivity index (χ4n) is 3.00. The van der Waals surface area contributed by atoms with E-state index in [9.17, 15) is 9.18 Å². The van der Waals surface area contributed by atoms with Crippen LogP contribution in [-0.2, 0) is 18.3 Å². The normalized spacial score (nSPS) is 11.2. The number of aromatic nitrogens is 2. The first kappa shape index (κ1) is 20.7. The van der Waals surface area contributed by atoms with Gasteiger partial charge in [-0.1, -0.05) is 11.6 Å². The highest BCUT2D eigenvalue weighted by atomic mass is 35.5. The Morgan fingerprint density at radius 2 is 2.07 bits per heavy atom. The van der Waals surface area contributed by atoms with Gasteiger partial charge in [0.15, 0.2) is 11.5 Å². The topological polar surface area (TPSA) is 65.4 Å². The highest BCUT2D eigenvalue weighted by Crippen LogP contribution is 2.36. The number of hydrogen-bond acceptors (Lipinski definition) is 4. The van der Waals surface area contributed by atoms with Gasteiger partial charge in [-0.05, 0) is 42.0 Å². The van der Waals surface area contributed by atoms with Gasteiger partial charge in [0.25, 0.3) is 0 Å². The number of fused-ring (bicyclic) bond motifs is 1. The Balaban J connectivity index is 1.60. The summed E-state index contributed by atoms with van der Waals surface area (Å²) in [5.41, 5.74) is 2.15. The van der Waals surface area contributed by atoms with Crippen LogP contribution in [0.2, 0.25) is 5.02 Å². The smallest absolute Gasteiger partial charge is 0.244 e. The monoisotopic (exact) mass is 417 g/mol. The second-order valence-electron chi connectivity index (χ2n) is 6.33. The first-order valence-corrected chi connectivity index (χ1v) is 9.29. The average molecular weight is 418 g/mol. The van der Waals surface area contributed by atoms with E-state index in [-0.39, 0.29) is 11.7 Å². The van der Waals surface area contributed by atoms with Crippen LogP contribution in [-0.4, -0.2) is 36.2 Å². The molecule has 0 spiro atoms. The second-order valence-corrected chi connectivity index (χ2v) is 6.74. The highest BCUT2D eigenvalue weighted by Gasteiger charge is 2.11. The summed E-state index contributed by atoms with van der Waals surface area (Å²) in [6, 6.07) is 7.88. The van der Waals surface area contributed by atoms with Crippen molar-refractivity contribution in [2.45, 2.75) is 6.42 Å². The summed E-state index contributed by atoms with van der Waals surface area (Å²) in [5, 5.41) is 3.20. The van der Waals surface area contributed by atoms with Gasteiger partial charge in [0.1, 0.15) is 11.6 Å². The van der Waals surface area contributed by atoms with Crippen LogP contribution in [0.5, 0.6) is 11.5 Å². The van der Waals surface area contributed by atoms with Gasteiger partial charge in [-0.2, -0.15) is 0 Å². The third kappa shape index (κ3) is 4.68. The lowest BCUT2D eigenvalue weighted by molar-refractivity contribution is -0.116.